The minimum absolute atomic E-state index is 0.0876. The molecule has 30 heavy (non-hydrogen) atoms. The summed E-state index contributed by atoms with van der Waals surface area (Å²) in [4.78, 5) is 12.5. The van der Waals surface area contributed by atoms with Crippen molar-refractivity contribution in [2.75, 3.05) is 17.1 Å². The Bertz CT molecular complexity index is 924. The summed E-state index contributed by atoms with van der Waals surface area (Å²) in [5, 5.41) is 3.03. The number of carbonyl (C=O) groups is 1. The van der Waals surface area contributed by atoms with E-state index in [2.05, 4.69) is 19.2 Å². The SMILES string of the molecule is CCCC[C@@H](CC)CNC(=O)c1ccc(CN(c2ccccc2C)S(C)(=O)=O)cc1. The van der Waals surface area contributed by atoms with E-state index < -0.39 is 10.0 Å². The summed E-state index contributed by atoms with van der Waals surface area (Å²) in [5.41, 5.74) is 2.98. The first-order valence-corrected chi connectivity index (χ1v) is 12.5. The zero-order chi connectivity index (χ0) is 22.1. The number of amides is 1. The van der Waals surface area contributed by atoms with Crippen LogP contribution in [0.1, 0.15) is 61.0 Å². The number of aryl methyl sites for hydroxylation is 1. The summed E-state index contributed by atoms with van der Waals surface area (Å²) in [5.74, 6) is 0.418. The topological polar surface area (TPSA) is 66.5 Å². The average molecular weight is 431 g/mol. The van der Waals surface area contributed by atoms with Gasteiger partial charge in [-0.1, -0.05) is 63.4 Å². The number of sulfonamides is 1. The Kier molecular flexibility index (Phi) is 8.90. The summed E-state index contributed by atoms with van der Waals surface area (Å²) in [6.45, 7) is 7.14. The van der Waals surface area contributed by atoms with Crippen LogP contribution in [-0.2, 0) is 16.6 Å². The number of hydrogen-bond acceptors (Lipinski definition) is 3. The van der Waals surface area contributed by atoms with Gasteiger partial charge in [0.05, 0.1) is 18.5 Å². The van der Waals surface area contributed by atoms with Crippen molar-refractivity contribution in [2.45, 2.75) is 53.0 Å². The van der Waals surface area contributed by atoms with E-state index in [1.54, 1.807) is 18.2 Å². The van der Waals surface area contributed by atoms with Gasteiger partial charge in [0, 0.05) is 12.1 Å². The fraction of sp³-hybridized carbons (Fsp3) is 0.458. The van der Waals surface area contributed by atoms with Gasteiger partial charge in [0.2, 0.25) is 10.0 Å². The second-order valence-electron chi connectivity index (χ2n) is 7.88. The Morgan fingerprint density at radius 3 is 2.30 bits per heavy atom. The molecule has 0 aromatic heterocycles. The largest absolute Gasteiger partial charge is 0.352 e. The summed E-state index contributed by atoms with van der Waals surface area (Å²) in [6, 6.07) is 14.6. The Labute approximate surface area is 181 Å². The molecule has 2 aromatic rings. The van der Waals surface area contributed by atoms with Crippen molar-refractivity contribution in [1.29, 1.82) is 0 Å². The molecule has 0 aliphatic heterocycles. The molecular weight excluding hydrogens is 396 g/mol. The molecule has 0 fully saturated rings. The van der Waals surface area contributed by atoms with Crippen LogP contribution in [0.4, 0.5) is 5.69 Å². The Hall–Kier alpha value is -2.34. The summed E-state index contributed by atoms with van der Waals surface area (Å²) >= 11 is 0. The number of benzene rings is 2. The van der Waals surface area contributed by atoms with Crippen molar-refractivity contribution in [3.63, 3.8) is 0 Å². The maximum absolute atomic E-state index is 12.5. The van der Waals surface area contributed by atoms with E-state index >= 15 is 0 Å². The van der Waals surface area contributed by atoms with Crippen molar-refractivity contribution in [3.8, 4) is 0 Å². The van der Waals surface area contributed by atoms with Crippen LogP contribution in [0.2, 0.25) is 0 Å². The molecule has 0 aliphatic rings. The Morgan fingerprint density at radius 1 is 1.07 bits per heavy atom. The van der Waals surface area contributed by atoms with Crippen LogP contribution in [0.15, 0.2) is 48.5 Å². The fourth-order valence-corrected chi connectivity index (χ4v) is 4.38. The molecule has 0 bridgehead atoms. The first-order chi connectivity index (χ1) is 14.3. The highest BCUT2D eigenvalue weighted by Gasteiger charge is 2.19. The fourth-order valence-electron chi connectivity index (χ4n) is 3.43. The summed E-state index contributed by atoms with van der Waals surface area (Å²) < 4.78 is 26.2. The number of hydrogen-bond donors (Lipinski definition) is 1. The molecule has 0 saturated heterocycles. The molecule has 164 valence electrons. The monoisotopic (exact) mass is 430 g/mol. The lowest BCUT2D eigenvalue weighted by molar-refractivity contribution is 0.0946. The second kappa shape index (κ2) is 11.2. The summed E-state index contributed by atoms with van der Waals surface area (Å²) in [6.07, 6.45) is 5.75. The van der Waals surface area contributed by atoms with Crippen LogP contribution in [0, 0.1) is 12.8 Å². The summed E-state index contributed by atoms with van der Waals surface area (Å²) in [7, 11) is -3.44. The molecule has 1 atom stereocenters. The van der Waals surface area contributed by atoms with E-state index in [0.717, 1.165) is 24.0 Å². The quantitative estimate of drug-likeness (QED) is 0.551. The van der Waals surface area contributed by atoms with Crippen molar-refractivity contribution < 1.29 is 13.2 Å². The van der Waals surface area contributed by atoms with Crippen LogP contribution in [0.25, 0.3) is 0 Å². The molecule has 6 heteroatoms. The maximum atomic E-state index is 12.5. The van der Waals surface area contributed by atoms with Crippen molar-refractivity contribution in [1.82, 2.24) is 5.32 Å². The van der Waals surface area contributed by atoms with E-state index in [0.29, 0.717) is 23.7 Å². The highest BCUT2D eigenvalue weighted by atomic mass is 32.2. The van der Waals surface area contributed by atoms with Crippen molar-refractivity contribution in [2.24, 2.45) is 5.92 Å². The molecule has 2 rings (SSSR count). The number of anilines is 1. The molecule has 1 N–H and O–H groups in total. The van der Waals surface area contributed by atoms with Gasteiger partial charge in [0.1, 0.15) is 0 Å². The van der Waals surface area contributed by atoms with Gasteiger partial charge in [-0.25, -0.2) is 8.42 Å². The zero-order valence-corrected chi connectivity index (χ0v) is 19.3. The number of para-hydroxylation sites is 1. The number of nitrogens with one attached hydrogen (secondary N) is 1. The standard InChI is InChI=1S/C24H34N2O3S/c1-5-7-11-20(6-2)17-25-24(27)22-15-13-21(14-16-22)18-26(30(4,28)29)23-12-9-8-10-19(23)3/h8-10,12-16,20H,5-7,11,17-18H2,1-4H3,(H,25,27)/t20-/m1/s1. The van der Waals surface area contributed by atoms with E-state index in [1.165, 1.54) is 23.4 Å². The van der Waals surface area contributed by atoms with Gasteiger partial charge in [-0.15, -0.1) is 0 Å². The molecule has 1 amide bonds. The van der Waals surface area contributed by atoms with Gasteiger partial charge >= 0.3 is 0 Å². The third-order valence-corrected chi connectivity index (χ3v) is 6.55. The second-order valence-corrected chi connectivity index (χ2v) is 9.79. The average Bonchev–Trinajstić information content (AvgIpc) is 2.72. The highest BCUT2D eigenvalue weighted by molar-refractivity contribution is 7.92. The predicted octanol–water partition coefficient (Wildman–Crippen LogP) is 4.91. The molecule has 0 saturated carbocycles. The minimum atomic E-state index is -3.44. The van der Waals surface area contributed by atoms with Crippen LogP contribution >= 0.6 is 0 Å². The van der Waals surface area contributed by atoms with Crippen molar-refractivity contribution in [3.05, 3.63) is 65.2 Å². The van der Waals surface area contributed by atoms with Gasteiger partial charge in [0.25, 0.3) is 5.91 Å². The maximum Gasteiger partial charge on any atom is 0.251 e. The zero-order valence-electron chi connectivity index (χ0n) is 18.5. The van der Waals surface area contributed by atoms with Gasteiger partial charge in [-0.05, 0) is 48.6 Å². The van der Waals surface area contributed by atoms with Gasteiger partial charge < -0.3 is 5.32 Å². The lowest BCUT2D eigenvalue weighted by atomic mass is 9.99. The van der Waals surface area contributed by atoms with Gasteiger partial charge in [-0.3, -0.25) is 9.10 Å². The minimum Gasteiger partial charge on any atom is -0.352 e. The van der Waals surface area contributed by atoms with Gasteiger partial charge in [0.15, 0.2) is 0 Å². The number of carbonyl (C=O) groups excluding carboxylic acids is 1. The highest BCUT2D eigenvalue weighted by Crippen LogP contribution is 2.24. The van der Waals surface area contributed by atoms with Crippen LogP contribution < -0.4 is 9.62 Å². The molecule has 0 unspecified atom stereocenters. The lowest BCUT2D eigenvalue weighted by Crippen LogP contribution is -2.30. The molecule has 2 aromatic carbocycles. The number of nitrogens with zero attached hydrogens (tertiary/aromatic N) is 1. The molecule has 0 spiro atoms. The van der Waals surface area contributed by atoms with E-state index in [-0.39, 0.29) is 12.5 Å². The first-order valence-electron chi connectivity index (χ1n) is 10.7. The van der Waals surface area contributed by atoms with Crippen LogP contribution in [-0.4, -0.2) is 27.1 Å². The molecule has 0 aliphatic carbocycles. The van der Waals surface area contributed by atoms with Crippen LogP contribution in [0.3, 0.4) is 0 Å². The molecule has 0 heterocycles. The predicted molar refractivity (Wildman–Crippen MR) is 124 cm³/mol. The smallest absolute Gasteiger partial charge is 0.251 e. The Balaban J connectivity index is 2.07. The molecule has 0 radical (unpaired) electrons. The number of unbranched alkanes of at least 4 members (excludes halogenated alkanes) is 1. The molecule has 5 nitrogen and oxygen atoms in total. The van der Waals surface area contributed by atoms with E-state index in [4.69, 9.17) is 0 Å². The van der Waals surface area contributed by atoms with E-state index in [1.807, 2.05) is 37.3 Å². The van der Waals surface area contributed by atoms with Crippen LogP contribution in [0.5, 0.6) is 0 Å². The number of rotatable bonds is 11. The van der Waals surface area contributed by atoms with E-state index in [9.17, 15) is 13.2 Å². The third-order valence-electron chi connectivity index (χ3n) is 5.42. The Morgan fingerprint density at radius 2 is 1.73 bits per heavy atom. The molecular formula is C24H34N2O3S. The first kappa shape index (κ1) is 23.9. The van der Waals surface area contributed by atoms with Crippen molar-refractivity contribution >= 4 is 21.6 Å². The lowest BCUT2D eigenvalue weighted by Gasteiger charge is -2.24. The third kappa shape index (κ3) is 6.87. The van der Waals surface area contributed by atoms with Gasteiger partial charge in [-0.2, -0.15) is 0 Å². The normalized spacial score (nSPS) is 12.4.